The van der Waals surface area contributed by atoms with Crippen LogP contribution in [0.3, 0.4) is 0 Å². The van der Waals surface area contributed by atoms with E-state index in [4.69, 9.17) is 0 Å². The van der Waals surface area contributed by atoms with Gasteiger partial charge in [0, 0.05) is 13.5 Å². The van der Waals surface area contributed by atoms with Crippen LogP contribution in [0.5, 0.6) is 0 Å². The number of hydrogen-bond donors (Lipinski definition) is 0. The molecule has 1 unspecified atom stereocenters. The molecule has 0 amide bonds. The maximum absolute atomic E-state index is 12.9. The van der Waals surface area contributed by atoms with Crippen LogP contribution >= 0.6 is 0 Å². The quantitative estimate of drug-likeness (QED) is 0.551. The van der Waals surface area contributed by atoms with E-state index in [0.717, 1.165) is 25.7 Å². The highest BCUT2D eigenvalue weighted by atomic mass is 19.1. The van der Waals surface area contributed by atoms with Crippen molar-refractivity contribution in [3.05, 3.63) is 11.6 Å². The molecule has 0 aliphatic heterocycles. The standard InChI is InChI=1S/C11H21FO/c1-4-6-8-10(7-5-2)9-11(12)13-3/h7,11H,4-6,8-9H2,1-3H3/b10-7-. The fourth-order valence-corrected chi connectivity index (χ4v) is 1.27. The van der Waals surface area contributed by atoms with Gasteiger partial charge in [-0.05, 0) is 19.3 Å². The molecule has 78 valence electrons. The van der Waals surface area contributed by atoms with Crippen molar-refractivity contribution in [2.75, 3.05) is 7.11 Å². The Morgan fingerprint density at radius 1 is 1.46 bits per heavy atom. The molecule has 0 radical (unpaired) electrons. The van der Waals surface area contributed by atoms with Crippen LogP contribution in [-0.2, 0) is 4.74 Å². The number of alkyl halides is 1. The topological polar surface area (TPSA) is 9.23 Å². The Morgan fingerprint density at radius 3 is 2.62 bits per heavy atom. The average Bonchev–Trinajstić information content (AvgIpc) is 2.14. The van der Waals surface area contributed by atoms with Gasteiger partial charge >= 0.3 is 0 Å². The van der Waals surface area contributed by atoms with Gasteiger partial charge in [-0.25, -0.2) is 4.39 Å². The predicted octanol–water partition coefficient (Wildman–Crippen LogP) is 3.85. The van der Waals surface area contributed by atoms with Gasteiger partial charge in [0.25, 0.3) is 0 Å². The average molecular weight is 188 g/mol. The molecule has 2 heteroatoms. The third kappa shape index (κ3) is 6.76. The van der Waals surface area contributed by atoms with Crippen molar-refractivity contribution in [3.8, 4) is 0 Å². The van der Waals surface area contributed by atoms with Gasteiger partial charge in [-0.15, -0.1) is 0 Å². The van der Waals surface area contributed by atoms with Crippen molar-refractivity contribution in [3.63, 3.8) is 0 Å². The van der Waals surface area contributed by atoms with Crippen LogP contribution in [-0.4, -0.2) is 13.5 Å². The van der Waals surface area contributed by atoms with Gasteiger partial charge in [-0.3, -0.25) is 0 Å². The third-order valence-electron chi connectivity index (χ3n) is 2.02. The molecule has 0 spiro atoms. The molecule has 0 aliphatic carbocycles. The summed E-state index contributed by atoms with van der Waals surface area (Å²) < 4.78 is 17.5. The smallest absolute Gasteiger partial charge is 0.202 e. The van der Waals surface area contributed by atoms with Crippen LogP contribution in [0.15, 0.2) is 11.6 Å². The summed E-state index contributed by atoms with van der Waals surface area (Å²) in [6.45, 7) is 4.22. The minimum absolute atomic E-state index is 0.435. The number of unbranched alkanes of at least 4 members (excludes halogenated alkanes) is 1. The molecule has 13 heavy (non-hydrogen) atoms. The summed E-state index contributed by atoms with van der Waals surface area (Å²) >= 11 is 0. The first kappa shape index (κ1) is 12.6. The second-order valence-corrected chi connectivity index (χ2v) is 3.22. The van der Waals surface area contributed by atoms with Crippen molar-refractivity contribution in [2.45, 2.75) is 52.3 Å². The van der Waals surface area contributed by atoms with Crippen molar-refractivity contribution >= 4 is 0 Å². The highest BCUT2D eigenvalue weighted by Crippen LogP contribution is 2.16. The second-order valence-electron chi connectivity index (χ2n) is 3.22. The van der Waals surface area contributed by atoms with Crippen LogP contribution < -0.4 is 0 Å². The normalized spacial score (nSPS) is 14.6. The van der Waals surface area contributed by atoms with Gasteiger partial charge < -0.3 is 4.74 Å². The van der Waals surface area contributed by atoms with Gasteiger partial charge in [0.05, 0.1) is 0 Å². The number of halogens is 1. The van der Waals surface area contributed by atoms with E-state index in [-0.39, 0.29) is 0 Å². The van der Waals surface area contributed by atoms with E-state index in [1.807, 2.05) is 0 Å². The summed E-state index contributed by atoms with van der Waals surface area (Å²) in [4.78, 5) is 0. The van der Waals surface area contributed by atoms with Crippen LogP contribution in [0.1, 0.15) is 46.0 Å². The first-order valence-corrected chi connectivity index (χ1v) is 5.09. The Hall–Kier alpha value is -0.370. The number of methoxy groups -OCH3 is 1. The fraction of sp³-hybridized carbons (Fsp3) is 0.818. The summed E-state index contributed by atoms with van der Waals surface area (Å²) in [5.41, 5.74) is 1.19. The third-order valence-corrected chi connectivity index (χ3v) is 2.02. The monoisotopic (exact) mass is 188 g/mol. The number of hydrogen-bond acceptors (Lipinski definition) is 1. The van der Waals surface area contributed by atoms with Gasteiger partial charge in [-0.2, -0.15) is 0 Å². The number of allylic oxidation sites excluding steroid dienone is 1. The molecule has 0 rings (SSSR count). The first-order chi connectivity index (χ1) is 6.24. The lowest BCUT2D eigenvalue weighted by atomic mass is 10.0. The Kier molecular flexibility index (Phi) is 8.00. The van der Waals surface area contributed by atoms with Crippen LogP contribution in [0.25, 0.3) is 0 Å². The molecular weight excluding hydrogens is 167 g/mol. The van der Waals surface area contributed by atoms with Gasteiger partial charge in [0.15, 0.2) is 0 Å². The molecule has 0 bridgehead atoms. The van der Waals surface area contributed by atoms with Gasteiger partial charge in [-0.1, -0.05) is 31.9 Å². The lowest BCUT2D eigenvalue weighted by molar-refractivity contribution is -0.00414. The predicted molar refractivity (Wildman–Crippen MR) is 54.4 cm³/mol. The molecule has 0 aliphatic rings. The van der Waals surface area contributed by atoms with E-state index < -0.39 is 6.36 Å². The van der Waals surface area contributed by atoms with Gasteiger partial charge in [0.2, 0.25) is 6.36 Å². The summed E-state index contributed by atoms with van der Waals surface area (Å²) in [6.07, 6.45) is 5.71. The molecule has 0 heterocycles. The number of ether oxygens (including phenoxy) is 1. The van der Waals surface area contributed by atoms with E-state index >= 15 is 0 Å². The summed E-state index contributed by atoms with van der Waals surface area (Å²) in [5, 5.41) is 0. The Morgan fingerprint density at radius 2 is 2.15 bits per heavy atom. The lowest BCUT2D eigenvalue weighted by Crippen LogP contribution is -2.04. The van der Waals surface area contributed by atoms with Crippen molar-refractivity contribution < 1.29 is 9.13 Å². The first-order valence-electron chi connectivity index (χ1n) is 5.09. The molecule has 1 atom stereocenters. The zero-order chi connectivity index (χ0) is 10.1. The zero-order valence-corrected chi connectivity index (χ0v) is 8.98. The molecule has 0 fully saturated rings. The van der Waals surface area contributed by atoms with Crippen molar-refractivity contribution in [1.82, 2.24) is 0 Å². The largest absolute Gasteiger partial charge is 0.351 e. The summed E-state index contributed by atoms with van der Waals surface area (Å²) in [6, 6.07) is 0. The minimum atomic E-state index is -1.13. The fourth-order valence-electron chi connectivity index (χ4n) is 1.27. The van der Waals surface area contributed by atoms with Crippen molar-refractivity contribution in [1.29, 1.82) is 0 Å². The molecule has 0 N–H and O–H groups in total. The van der Waals surface area contributed by atoms with Crippen molar-refractivity contribution in [2.24, 2.45) is 0 Å². The highest BCUT2D eigenvalue weighted by molar-refractivity contribution is 5.02. The maximum atomic E-state index is 12.9. The molecule has 0 aromatic heterocycles. The Balaban J connectivity index is 3.87. The zero-order valence-electron chi connectivity index (χ0n) is 8.98. The van der Waals surface area contributed by atoms with Crippen LogP contribution in [0.4, 0.5) is 4.39 Å². The highest BCUT2D eigenvalue weighted by Gasteiger charge is 2.06. The van der Waals surface area contributed by atoms with Gasteiger partial charge in [0.1, 0.15) is 0 Å². The van der Waals surface area contributed by atoms with E-state index in [1.165, 1.54) is 12.7 Å². The second kappa shape index (κ2) is 8.24. The molecule has 0 saturated heterocycles. The SMILES string of the molecule is CC/C=C(/CCCC)CC(F)OC. The van der Waals surface area contributed by atoms with E-state index in [2.05, 4.69) is 24.7 Å². The Bertz CT molecular complexity index is 143. The minimum Gasteiger partial charge on any atom is -0.351 e. The van der Waals surface area contributed by atoms with E-state index in [9.17, 15) is 4.39 Å². The molecule has 0 aromatic rings. The molecule has 0 saturated carbocycles. The maximum Gasteiger partial charge on any atom is 0.202 e. The van der Waals surface area contributed by atoms with Crippen LogP contribution in [0, 0.1) is 0 Å². The number of rotatable bonds is 7. The molecular formula is C11H21FO. The van der Waals surface area contributed by atoms with Crippen LogP contribution in [0.2, 0.25) is 0 Å². The summed E-state index contributed by atoms with van der Waals surface area (Å²) in [7, 11) is 1.41. The molecule has 1 nitrogen and oxygen atoms in total. The van der Waals surface area contributed by atoms with E-state index in [0.29, 0.717) is 6.42 Å². The van der Waals surface area contributed by atoms with E-state index in [1.54, 1.807) is 0 Å². The lowest BCUT2D eigenvalue weighted by Gasteiger charge is -2.09. The summed E-state index contributed by atoms with van der Waals surface area (Å²) in [5.74, 6) is 0. The Labute approximate surface area is 81.0 Å². The molecule has 0 aromatic carbocycles.